The maximum Gasteiger partial charge on any atom is 0.402 e. The van der Waals surface area contributed by atoms with Gasteiger partial charge in [-0.3, -0.25) is 0 Å². The number of benzene rings is 1. The van der Waals surface area contributed by atoms with Gasteiger partial charge in [0.15, 0.2) is 0 Å². The van der Waals surface area contributed by atoms with Crippen molar-refractivity contribution in [3.05, 3.63) is 23.5 Å². The van der Waals surface area contributed by atoms with E-state index in [0.29, 0.717) is 6.07 Å². The minimum atomic E-state index is -4.68. The van der Waals surface area contributed by atoms with E-state index < -0.39 is 33.5 Å². The average molecular weight is 328 g/mol. The number of sulfonamides is 1. The molecule has 0 spiro atoms. The zero-order valence-electron chi connectivity index (χ0n) is 11.5. The van der Waals surface area contributed by atoms with Gasteiger partial charge in [-0.15, -0.1) is 0 Å². The Bertz CT molecular complexity index is 591. The van der Waals surface area contributed by atoms with Crippen LogP contribution < -0.4 is 5.73 Å². The number of nitrogen functional groups attached to an aromatic ring is 1. The zero-order chi connectivity index (χ0) is 16.4. The fraction of sp³-hybridized carbons (Fsp3) is 0.500. The van der Waals surface area contributed by atoms with Crippen LogP contribution in [0.25, 0.3) is 0 Å². The Morgan fingerprint density at radius 2 is 1.86 bits per heavy atom. The lowest BCUT2D eigenvalue weighted by molar-refractivity contribution is -0.136. The van der Waals surface area contributed by atoms with E-state index in [2.05, 4.69) is 0 Å². The molecule has 1 aromatic rings. The van der Waals surface area contributed by atoms with Crippen molar-refractivity contribution in [1.82, 2.24) is 4.31 Å². The van der Waals surface area contributed by atoms with E-state index >= 15 is 0 Å². The Morgan fingerprint density at radius 1 is 1.29 bits per heavy atom. The van der Waals surface area contributed by atoms with E-state index in [1.54, 1.807) is 6.92 Å². The van der Waals surface area contributed by atoms with Gasteiger partial charge in [0.2, 0.25) is 10.0 Å². The smallest absolute Gasteiger partial charge is 0.398 e. The van der Waals surface area contributed by atoms with Crippen molar-refractivity contribution in [2.75, 3.05) is 18.8 Å². The SMILES string of the molecule is CCCN(CC(F)(F)F)S(=O)(=O)c1cc(N)c(C)c(F)c1. The Hall–Kier alpha value is -1.35. The predicted molar refractivity (Wildman–Crippen MR) is 70.7 cm³/mol. The van der Waals surface area contributed by atoms with E-state index in [0.717, 1.165) is 6.07 Å². The first kappa shape index (κ1) is 17.7. The molecule has 0 radical (unpaired) electrons. The molecule has 0 saturated heterocycles. The minimum Gasteiger partial charge on any atom is -0.398 e. The molecular weight excluding hydrogens is 312 g/mol. The summed E-state index contributed by atoms with van der Waals surface area (Å²) in [6, 6.07) is 1.65. The van der Waals surface area contributed by atoms with Crippen LogP contribution in [-0.4, -0.2) is 32.0 Å². The van der Waals surface area contributed by atoms with Crippen LogP contribution in [0.3, 0.4) is 0 Å². The second kappa shape index (κ2) is 6.18. The number of halogens is 4. The Kier molecular flexibility index (Phi) is 5.21. The molecule has 0 heterocycles. The molecule has 1 rings (SSSR count). The fourth-order valence-corrected chi connectivity index (χ4v) is 3.27. The van der Waals surface area contributed by atoms with Crippen LogP contribution in [0.4, 0.5) is 23.2 Å². The molecule has 0 bridgehead atoms. The van der Waals surface area contributed by atoms with Crippen molar-refractivity contribution < 1.29 is 26.0 Å². The number of hydrogen-bond acceptors (Lipinski definition) is 3. The standard InChI is InChI=1S/C12H16F4N2O2S/c1-3-4-18(7-12(14,15)16)21(19,20)9-5-10(13)8(2)11(17)6-9/h5-6H,3-4,7,17H2,1-2H3. The minimum absolute atomic E-state index is 0.0480. The van der Waals surface area contributed by atoms with Crippen LogP contribution in [0.15, 0.2) is 17.0 Å². The maximum atomic E-state index is 13.6. The zero-order valence-corrected chi connectivity index (χ0v) is 12.4. The molecular formula is C12H16F4N2O2S. The number of nitrogens with two attached hydrogens (primary N) is 1. The van der Waals surface area contributed by atoms with Crippen molar-refractivity contribution in [1.29, 1.82) is 0 Å². The molecule has 0 atom stereocenters. The molecule has 0 aliphatic heterocycles. The van der Waals surface area contributed by atoms with E-state index in [9.17, 15) is 26.0 Å². The average Bonchev–Trinajstić information content (AvgIpc) is 2.33. The van der Waals surface area contributed by atoms with Crippen LogP contribution >= 0.6 is 0 Å². The summed E-state index contributed by atoms with van der Waals surface area (Å²) < 4.78 is 75.8. The molecule has 21 heavy (non-hydrogen) atoms. The summed E-state index contributed by atoms with van der Waals surface area (Å²) in [5.41, 5.74) is 5.39. The van der Waals surface area contributed by atoms with Gasteiger partial charge in [-0.05, 0) is 25.5 Å². The lowest BCUT2D eigenvalue weighted by Gasteiger charge is -2.23. The Morgan fingerprint density at radius 3 is 2.29 bits per heavy atom. The molecule has 0 unspecified atom stereocenters. The molecule has 0 aliphatic carbocycles. The number of hydrogen-bond donors (Lipinski definition) is 1. The highest BCUT2D eigenvalue weighted by molar-refractivity contribution is 7.89. The summed E-state index contributed by atoms with van der Waals surface area (Å²) >= 11 is 0. The quantitative estimate of drug-likeness (QED) is 0.668. The Labute approximate surface area is 120 Å². The number of nitrogens with zero attached hydrogens (tertiary/aromatic N) is 1. The van der Waals surface area contributed by atoms with Gasteiger partial charge < -0.3 is 5.73 Å². The third kappa shape index (κ3) is 4.31. The van der Waals surface area contributed by atoms with Gasteiger partial charge in [0.05, 0.1) is 4.90 Å². The van der Waals surface area contributed by atoms with Gasteiger partial charge in [-0.2, -0.15) is 17.5 Å². The van der Waals surface area contributed by atoms with Gasteiger partial charge in [0.25, 0.3) is 0 Å². The molecule has 0 aliphatic rings. The normalized spacial score (nSPS) is 12.9. The van der Waals surface area contributed by atoms with Gasteiger partial charge in [-0.1, -0.05) is 6.92 Å². The third-order valence-electron chi connectivity index (χ3n) is 2.82. The summed E-state index contributed by atoms with van der Waals surface area (Å²) in [6.45, 7) is 0.944. The first-order valence-electron chi connectivity index (χ1n) is 6.11. The van der Waals surface area contributed by atoms with E-state index in [-0.39, 0.29) is 28.5 Å². The first-order chi connectivity index (χ1) is 9.49. The predicted octanol–water partition coefficient (Wildman–Crippen LogP) is 2.68. The second-order valence-electron chi connectivity index (χ2n) is 4.57. The molecule has 0 saturated carbocycles. The molecule has 0 aromatic heterocycles. The molecule has 0 amide bonds. The van der Waals surface area contributed by atoms with Crippen LogP contribution in [0, 0.1) is 12.7 Å². The molecule has 4 nitrogen and oxygen atoms in total. The van der Waals surface area contributed by atoms with Crippen LogP contribution in [0.2, 0.25) is 0 Å². The van der Waals surface area contributed by atoms with E-state index in [1.807, 2.05) is 0 Å². The number of rotatable bonds is 5. The van der Waals surface area contributed by atoms with Crippen LogP contribution in [0.5, 0.6) is 0 Å². The van der Waals surface area contributed by atoms with Crippen molar-refractivity contribution in [2.24, 2.45) is 0 Å². The van der Waals surface area contributed by atoms with Crippen molar-refractivity contribution in [3.63, 3.8) is 0 Å². The molecule has 2 N–H and O–H groups in total. The van der Waals surface area contributed by atoms with Gasteiger partial charge in [0.1, 0.15) is 12.4 Å². The van der Waals surface area contributed by atoms with Crippen molar-refractivity contribution in [3.8, 4) is 0 Å². The van der Waals surface area contributed by atoms with Crippen molar-refractivity contribution >= 4 is 15.7 Å². The molecule has 1 aromatic carbocycles. The van der Waals surface area contributed by atoms with Gasteiger partial charge in [-0.25, -0.2) is 12.8 Å². The molecule has 9 heteroatoms. The van der Waals surface area contributed by atoms with E-state index in [4.69, 9.17) is 5.73 Å². The van der Waals surface area contributed by atoms with Crippen LogP contribution in [0.1, 0.15) is 18.9 Å². The highest BCUT2D eigenvalue weighted by Crippen LogP contribution is 2.26. The lowest BCUT2D eigenvalue weighted by atomic mass is 10.2. The fourth-order valence-electron chi connectivity index (χ4n) is 1.71. The first-order valence-corrected chi connectivity index (χ1v) is 7.55. The molecule has 0 fully saturated rings. The van der Waals surface area contributed by atoms with Gasteiger partial charge in [0, 0.05) is 17.8 Å². The Balaban J connectivity index is 3.29. The number of alkyl halides is 3. The monoisotopic (exact) mass is 328 g/mol. The maximum absolute atomic E-state index is 13.6. The third-order valence-corrected chi connectivity index (χ3v) is 4.65. The van der Waals surface area contributed by atoms with Gasteiger partial charge >= 0.3 is 6.18 Å². The summed E-state index contributed by atoms with van der Waals surface area (Å²) in [5, 5.41) is 0. The number of anilines is 1. The summed E-state index contributed by atoms with van der Waals surface area (Å²) in [6.07, 6.45) is -4.49. The summed E-state index contributed by atoms with van der Waals surface area (Å²) in [4.78, 5) is -0.583. The largest absolute Gasteiger partial charge is 0.402 e. The topological polar surface area (TPSA) is 63.4 Å². The highest BCUT2D eigenvalue weighted by atomic mass is 32.2. The lowest BCUT2D eigenvalue weighted by Crippen LogP contribution is -2.39. The summed E-state index contributed by atoms with van der Waals surface area (Å²) in [7, 11) is -4.46. The molecule has 120 valence electrons. The van der Waals surface area contributed by atoms with Crippen molar-refractivity contribution in [2.45, 2.75) is 31.3 Å². The van der Waals surface area contributed by atoms with Crippen LogP contribution in [-0.2, 0) is 10.0 Å². The van der Waals surface area contributed by atoms with E-state index in [1.165, 1.54) is 6.92 Å². The highest BCUT2D eigenvalue weighted by Gasteiger charge is 2.36. The summed E-state index contributed by atoms with van der Waals surface area (Å²) in [5.74, 6) is -0.878. The second-order valence-corrected chi connectivity index (χ2v) is 6.51.